The molecule has 0 unspecified atom stereocenters. The summed E-state index contributed by atoms with van der Waals surface area (Å²) in [7, 11) is 0. The van der Waals surface area contributed by atoms with Crippen LogP contribution in [0.4, 0.5) is 0 Å². The van der Waals surface area contributed by atoms with E-state index in [0.717, 1.165) is 17.0 Å². The second kappa shape index (κ2) is 4.47. The lowest BCUT2D eigenvalue weighted by atomic mass is 10.0. The summed E-state index contributed by atoms with van der Waals surface area (Å²) < 4.78 is 0. The Morgan fingerprint density at radius 3 is 2.05 bits per heavy atom. The normalized spacial score (nSPS) is 10.9. The highest BCUT2D eigenvalue weighted by atomic mass is 15.1. The van der Waals surface area contributed by atoms with Crippen molar-refractivity contribution in [2.75, 3.05) is 0 Å². The molecule has 3 aromatic rings. The van der Waals surface area contributed by atoms with Gasteiger partial charge in [-0.25, -0.2) is 0 Å². The maximum Gasteiger partial charge on any atom is 0.101 e. The zero-order chi connectivity index (χ0) is 13.4. The molecule has 0 aliphatic carbocycles. The van der Waals surface area contributed by atoms with Gasteiger partial charge in [0.25, 0.3) is 0 Å². The lowest BCUT2D eigenvalue weighted by molar-refractivity contribution is 1.01. The number of nitrogens with zero attached hydrogens (tertiary/aromatic N) is 2. The summed E-state index contributed by atoms with van der Waals surface area (Å²) in [4.78, 5) is 0. The summed E-state index contributed by atoms with van der Waals surface area (Å²) in [5.74, 6) is 0. The number of hydrogen-bond acceptors (Lipinski definition) is 2. The molecule has 0 aliphatic heterocycles. The fourth-order valence-electron chi connectivity index (χ4n) is 2.56. The molecular weight excluding hydrogens is 232 g/mol. The summed E-state index contributed by atoms with van der Waals surface area (Å²) in [5, 5.41) is 11.0. The van der Waals surface area contributed by atoms with Crippen LogP contribution in [0.1, 0.15) is 16.8 Å². The summed E-state index contributed by atoms with van der Waals surface area (Å²) in [6.45, 7) is 6.22. The standard InChI is InChI=1S/C17H16N2/c1-11-8-12(2)10-14(9-11)17-16-7-5-4-6-15(16)13(3)18-19-17/h4-10H,1-3H3. The van der Waals surface area contributed by atoms with Crippen LogP contribution in [0, 0.1) is 20.8 Å². The molecule has 2 aromatic carbocycles. The smallest absolute Gasteiger partial charge is 0.101 e. The van der Waals surface area contributed by atoms with Crippen LogP contribution in [0.2, 0.25) is 0 Å². The van der Waals surface area contributed by atoms with Gasteiger partial charge in [-0.05, 0) is 32.9 Å². The first kappa shape index (κ1) is 11.8. The summed E-state index contributed by atoms with van der Waals surface area (Å²) >= 11 is 0. The number of benzene rings is 2. The van der Waals surface area contributed by atoms with Crippen LogP contribution >= 0.6 is 0 Å². The summed E-state index contributed by atoms with van der Waals surface area (Å²) in [6.07, 6.45) is 0. The van der Waals surface area contributed by atoms with Crippen LogP contribution in [0.15, 0.2) is 42.5 Å². The topological polar surface area (TPSA) is 25.8 Å². The molecule has 0 radical (unpaired) electrons. The highest BCUT2D eigenvalue weighted by Gasteiger charge is 2.09. The largest absolute Gasteiger partial charge is 0.155 e. The molecular formula is C17H16N2. The van der Waals surface area contributed by atoms with E-state index < -0.39 is 0 Å². The van der Waals surface area contributed by atoms with Crippen LogP contribution in [0.5, 0.6) is 0 Å². The highest BCUT2D eigenvalue weighted by Crippen LogP contribution is 2.28. The molecule has 0 bridgehead atoms. The van der Waals surface area contributed by atoms with Crippen molar-refractivity contribution >= 4 is 10.8 Å². The second-order valence-corrected chi connectivity index (χ2v) is 5.06. The van der Waals surface area contributed by atoms with Gasteiger partial charge in [0.1, 0.15) is 5.69 Å². The molecule has 0 fully saturated rings. The first-order valence-electron chi connectivity index (χ1n) is 6.46. The Bertz CT molecular complexity index is 740. The summed E-state index contributed by atoms with van der Waals surface area (Å²) in [6, 6.07) is 14.8. The van der Waals surface area contributed by atoms with Crippen LogP contribution in [0.3, 0.4) is 0 Å². The monoisotopic (exact) mass is 248 g/mol. The average Bonchev–Trinajstić information content (AvgIpc) is 2.38. The minimum Gasteiger partial charge on any atom is -0.155 e. The molecule has 19 heavy (non-hydrogen) atoms. The fourth-order valence-corrected chi connectivity index (χ4v) is 2.56. The first-order valence-corrected chi connectivity index (χ1v) is 6.46. The molecule has 0 N–H and O–H groups in total. The van der Waals surface area contributed by atoms with Crippen molar-refractivity contribution in [2.24, 2.45) is 0 Å². The molecule has 0 amide bonds. The molecule has 1 heterocycles. The van der Waals surface area contributed by atoms with Gasteiger partial charge in [-0.1, -0.05) is 41.5 Å². The van der Waals surface area contributed by atoms with Gasteiger partial charge in [-0.3, -0.25) is 0 Å². The van der Waals surface area contributed by atoms with Crippen molar-refractivity contribution in [1.29, 1.82) is 0 Å². The number of fused-ring (bicyclic) bond motifs is 1. The Morgan fingerprint density at radius 2 is 1.37 bits per heavy atom. The molecule has 1 aromatic heterocycles. The Balaban J connectivity index is 2.34. The predicted molar refractivity (Wildman–Crippen MR) is 79.2 cm³/mol. The molecule has 2 heteroatoms. The Hall–Kier alpha value is -2.22. The SMILES string of the molecule is Cc1cc(C)cc(-c2nnc(C)c3ccccc23)c1. The predicted octanol–water partition coefficient (Wildman–Crippen LogP) is 4.22. The third-order valence-electron chi connectivity index (χ3n) is 3.37. The number of rotatable bonds is 1. The van der Waals surface area contributed by atoms with E-state index in [-0.39, 0.29) is 0 Å². The molecule has 0 spiro atoms. The third-order valence-corrected chi connectivity index (χ3v) is 3.37. The van der Waals surface area contributed by atoms with E-state index in [1.807, 2.05) is 13.0 Å². The number of aromatic nitrogens is 2. The van der Waals surface area contributed by atoms with Gasteiger partial charge in [0.05, 0.1) is 5.69 Å². The van der Waals surface area contributed by atoms with Gasteiger partial charge in [-0.2, -0.15) is 5.10 Å². The van der Waals surface area contributed by atoms with Crippen LogP contribution in [-0.2, 0) is 0 Å². The van der Waals surface area contributed by atoms with Gasteiger partial charge in [0.2, 0.25) is 0 Å². The minimum absolute atomic E-state index is 0.966. The van der Waals surface area contributed by atoms with Crippen molar-refractivity contribution in [3.8, 4) is 11.3 Å². The molecule has 3 rings (SSSR count). The van der Waals surface area contributed by atoms with Crippen molar-refractivity contribution in [3.63, 3.8) is 0 Å². The maximum atomic E-state index is 4.41. The van der Waals surface area contributed by atoms with Gasteiger partial charge < -0.3 is 0 Å². The molecule has 0 atom stereocenters. The van der Waals surface area contributed by atoms with E-state index in [4.69, 9.17) is 0 Å². The van der Waals surface area contributed by atoms with E-state index in [1.165, 1.54) is 21.9 Å². The highest BCUT2D eigenvalue weighted by molar-refractivity contribution is 5.95. The first-order chi connectivity index (χ1) is 9.15. The number of hydrogen-bond donors (Lipinski definition) is 0. The lowest BCUT2D eigenvalue weighted by Crippen LogP contribution is -1.94. The Morgan fingerprint density at radius 1 is 0.737 bits per heavy atom. The lowest BCUT2D eigenvalue weighted by Gasteiger charge is -2.08. The molecule has 2 nitrogen and oxygen atoms in total. The van der Waals surface area contributed by atoms with E-state index in [0.29, 0.717) is 0 Å². The van der Waals surface area contributed by atoms with Crippen LogP contribution in [0.25, 0.3) is 22.0 Å². The van der Waals surface area contributed by atoms with Crippen molar-refractivity contribution in [2.45, 2.75) is 20.8 Å². The maximum absolute atomic E-state index is 4.41. The van der Waals surface area contributed by atoms with Crippen molar-refractivity contribution in [1.82, 2.24) is 10.2 Å². The van der Waals surface area contributed by atoms with Gasteiger partial charge >= 0.3 is 0 Å². The molecule has 0 saturated heterocycles. The third kappa shape index (κ3) is 2.10. The van der Waals surface area contributed by atoms with Gasteiger partial charge in [0.15, 0.2) is 0 Å². The second-order valence-electron chi connectivity index (χ2n) is 5.06. The molecule has 0 aliphatic rings. The molecule has 94 valence electrons. The Kier molecular flexibility index (Phi) is 2.79. The fraction of sp³-hybridized carbons (Fsp3) is 0.176. The van der Waals surface area contributed by atoms with Gasteiger partial charge in [0, 0.05) is 16.3 Å². The zero-order valence-corrected chi connectivity index (χ0v) is 11.4. The summed E-state index contributed by atoms with van der Waals surface area (Å²) in [5.41, 5.74) is 5.58. The van der Waals surface area contributed by atoms with Crippen molar-refractivity contribution < 1.29 is 0 Å². The van der Waals surface area contributed by atoms with E-state index in [2.05, 4.69) is 60.4 Å². The van der Waals surface area contributed by atoms with Crippen LogP contribution < -0.4 is 0 Å². The van der Waals surface area contributed by atoms with E-state index in [1.54, 1.807) is 0 Å². The zero-order valence-electron chi connectivity index (χ0n) is 11.4. The van der Waals surface area contributed by atoms with Gasteiger partial charge in [-0.15, -0.1) is 5.10 Å². The minimum atomic E-state index is 0.966. The Labute approximate surface area is 113 Å². The quantitative estimate of drug-likeness (QED) is 0.644. The van der Waals surface area contributed by atoms with Crippen LogP contribution in [-0.4, -0.2) is 10.2 Å². The molecule has 0 saturated carbocycles. The van der Waals surface area contributed by atoms with Crippen molar-refractivity contribution in [3.05, 3.63) is 59.3 Å². The number of aryl methyl sites for hydroxylation is 3. The average molecular weight is 248 g/mol. The van der Waals surface area contributed by atoms with E-state index in [9.17, 15) is 0 Å². The van der Waals surface area contributed by atoms with E-state index >= 15 is 0 Å².